The van der Waals surface area contributed by atoms with Gasteiger partial charge in [0.1, 0.15) is 0 Å². The van der Waals surface area contributed by atoms with Crippen LogP contribution in [0, 0.1) is 0 Å². The van der Waals surface area contributed by atoms with Crippen molar-refractivity contribution in [3.8, 4) is 11.5 Å². The van der Waals surface area contributed by atoms with Crippen molar-refractivity contribution < 1.29 is 29.0 Å². The lowest BCUT2D eigenvalue weighted by Crippen LogP contribution is -2.23. The van der Waals surface area contributed by atoms with Crippen molar-refractivity contribution in [3.63, 3.8) is 0 Å². The molecule has 8 heteroatoms. The third-order valence-corrected chi connectivity index (χ3v) is 3.71. The summed E-state index contributed by atoms with van der Waals surface area (Å²) in [5.74, 6) is -1.23. The second-order valence-corrected chi connectivity index (χ2v) is 5.86. The van der Waals surface area contributed by atoms with E-state index >= 15 is 0 Å². The molecule has 0 radical (unpaired) electrons. The van der Waals surface area contributed by atoms with Gasteiger partial charge in [0, 0.05) is 23.9 Å². The molecule has 29 heavy (non-hydrogen) atoms. The molecular formula is C21H22N2O6. The van der Waals surface area contributed by atoms with Crippen molar-refractivity contribution in [2.45, 2.75) is 6.92 Å². The molecule has 2 rings (SSSR count). The van der Waals surface area contributed by atoms with Gasteiger partial charge in [-0.15, -0.1) is 0 Å². The number of aromatic hydroxyl groups is 1. The van der Waals surface area contributed by atoms with Crippen LogP contribution in [-0.2, 0) is 14.3 Å². The van der Waals surface area contributed by atoms with Crippen molar-refractivity contribution in [2.24, 2.45) is 0 Å². The lowest BCUT2D eigenvalue weighted by molar-refractivity contribution is -0.142. The topological polar surface area (TPSA) is 114 Å². The predicted octanol–water partition coefficient (Wildman–Crippen LogP) is 2.35. The van der Waals surface area contributed by atoms with Crippen LogP contribution in [0.5, 0.6) is 11.5 Å². The third-order valence-electron chi connectivity index (χ3n) is 3.71. The number of esters is 1. The summed E-state index contributed by atoms with van der Waals surface area (Å²) in [7, 11) is 1.42. The Morgan fingerprint density at radius 3 is 2.66 bits per heavy atom. The molecule has 3 N–H and O–H groups in total. The van der Waals surface area contributed by atoms with Gasteiger partial charge in [0.15, 0.2) is 18.1 Å². The highest BCUT2D eigenvalue weighted by Crippen LogP contribution is 2.26. The number of hydrogen-bond donors (Lipinski definition) is 3. The van der Waals surface area contributed by atoms with Crippen LogP contribution in [-0.4, -0.2) is 43.2 Å². The monoisotopic (exact) mass is 398 g/mol. The zero-order valence-electron chi connectivity index (χ0n) is 16.1. The molecule has 0 saturated heterocycles. The first-order valence-electron chi connectivity index (χ1n) is 8.83. The highest BCUT2D eigenvalue weighted by molar-refractivity contribution is 5.98. The minimum atomic E-state index is -0.705. The van der Waals surface area contributed by atoms with Crippen LogP contribution in [0.2, 0.25) is 0 Å². The summed E-state index contributed by atoms with van der Waals surface area (Å²) in [6, 6.07) is 11.0. The molecule has 0 spiro atoms. The Kier molecular flexibility index (Phi) is 7.78. The number of methoxy groups -OCH3 is 1. The van der Waals surface area contributed by atoms with E-state index in [0.717, 1.165) is 6.08 Å². The molecule has 8 nitrogen and oxygen atoms in total. The third kappa shape index (κ3) is 6.69. The Morgan fingerprint density at radius 1 is 1.14 bits per heavy atom. The number of anilines is 1. The number of carbonyl (C=O) groups is 3. The van der Waals surface area contributed by atoms with Crippen molar-refractivity contribution in [2.75, 3.05) is 25.6 Å². The molecule has 0 fully saturated rings. The summed E-state index contributed by atoms with van der Waals surface area (Å²) < 4.78 is 9.88. The first kappa shape index (κ1) is 21.5. The van der Waals surface area contributed by atoms with Crippen molar-refractivity contribution in [1.82, 2.24) is 5.32 Å². The van der Waals surface area contributed by atoms with Crippen LogP contribution in [0.15, 0.2) is 48.5 Å². The van der Waals surface area contributed by atoms with Gasteiger partial charge in [-0.3, -0.25) is 9.59 Å². The summed E-state index contributed by atoms with van der Waals surface area (Å²) >= 11 is 0. The molecular weight excluding hydrogens is 376 g/mol. The fourth-order valence-electron chi connectivity index (χ4n) is 2.34. The van der Waals surface area contributed by atoms with E-state index in [1.54, 1.807) is 30.3 Å². The quantitative estimate of drug-likeness (QED) is 0.465. The van der Waals surface area contributed by atoms with E-state index in [9.17, 15) is 19.5 Å². The Morgan fingerprint density at radius 2 is 1.93 bits per heavy atom. The SMILES string of the molecule is CCNC(=O)c1cccc(NC(=O)COC(=O)/C=C/c2ccc(O)c(OC)c2)c1. The fraction of sp³-hybridized carbons (Fsp3) is 0.190. The van der Waals surface area contributed by atoms with Gasteiger partial charge in [0.05, 0.1) is 7.11 Å². The molecule has 0 unspecified atom stereocenters. The van der Waals surface area contributed by atoms with E-state index in [4.69, 9.17) is 9.47 Å². The standard InChI is InChI=1S/C21H22N2O6/c1-3-22-21(27)15-5-4-6-16(12-15)23-19(25)13-29-20(26)10-8-14-7-9-17(24)18(11-14)28-2/h4-12,24H,3,13H2,1-2H3,(H,22,27)(H,23,25)/b10-8+. The van der Waals surface area contributed by atoms with Gasteiger partial charge in [-0.05, 0) is 48.9 Å². The van der Waals surface area contributed by atoms with Gasteiger partial charge in [0.25, 0.3) is 11.8 Å². The molecule has 2 amide bonds. The van der Waals surface area contributed by atoms with Gasteiger partial charge >= 0.3 is 5.97 Å². The smallest absolute Gasteiger partial charge is 0.331 e. The van der Waals surface area contributed by atoms with Crippen LogP contribution >= 0.6 is 0 Å². The molecule has 0 atom stereocenters. The van der Waals surface area contributed by atoms with E-state index in [0.29, 0.717) is 23.4 Å². The van der Waals surface area contributed by atoms with E-state index in [1.165, 1.54) is 25.3 Å². The van der Waals surface area contributed by atoms with Gasteiger partial charge < -0.3 is 25.2 Å². The summed E-state index contributed by atoms with van der Waals surface area (Å²) in [5, 5.41) is 14.8. The van der Waals surface area contributed by atoms with Crippen LogP contribution < -0.4 is 15.4 Å². The molecule has 0 saturated carbocycles. The first-order chi connectivity index (χ1) is 13.9. The molecule has 0 aromatic heterocycles. The van der Waals surface area contributed by atoms with Gasteiger partial charge in [-0.1, -0.05) is 12.1 Å². The van der Waals surface area contributed by atoms with Gasteiger partial charge in [-0.2, -0.15) is 0 Å². The molecule has 0 bridgehead atoms. The zero-order chi connectivity index (χ0) is 21.2. The highest BCUT2D eigenvalue weighted by Gasteiger charge is 2.09. The van der Waals surface area contributed by atoms with Crippen molar-refractivity contribution >= 4 is 29.5 Å². The van der Waals surface area contributed by atoms with E-state index < -0.39 is 18.5 Å². The number of phenols is 1. The molecule has 0 aliphatic carbocycles. The minimum absolute atomic E-state index is 0.0138. The predicted molar refractivity (Wildman–Crippen MR) is 108 cm³/mol. The number of rotatable bonds is 8. The minimum Gasteiger partial charge on any atom is -0.504 e. The fourth-order valence-corrected chi connectivity index (χ4v) is 2.34. The normalized spacial score (nSPS) is 10.4. The maximum absolute atomic E-state index is 12.0. The van der Waals surface area contributed by atoms with Crippen molar-refractivity contribution in [1.29, 1.82) is 0 Å². The average Bonchev–Trinajstić information content (AvgIpc) is 2.72. The summed E-state index contributed by atoms with van der Waals surface area (Å²) in [6.45, 7) is 1.83. The van der Waals surface area contributed by atoms with E-state index in [2.05, 4.69) is 10.6 Å². The highest BCUT2D eigenvalue weighted by atomic mass is 16.5. The van der Waals surface area contributed by atoms with Gasteiger partial charge in [0.2, 0.25) is 0 Å². The number of benzene rings is 2. The first-order valence-corrected chi connectivity index (χ1v) is 8.83. The summed E-state index contributed by atoms with van der Waals surface area (Å²) in [5.41, 5.74) is 1.44. The second-order valence-electron chi connectivity index (χ2n) is 5.86. The number of nitrogens with one attached hydrogen (secondary N) is 2. The lowest BCUT2D eigenvalue weighted by atomic mass is 10.2. The largest absolute Gasteiger partial charge is 0.504 e. The molecule has 2 aromatic carbocycles. The Bertz CT molecular complexity index is 923. The van der Waals surface area contributed by atoms with E-state index in [-0.39, 0.29) is 17.4 Å². The van der Waals surface area contributed by atoms with Crippen LogP contribution in [0.4, 0.5) is 5.69 Å². The van der Waals surface area contributed by atoms with Crippen molar-refractivity contribution in [3.05, 3.63) is 59.7 Å². The maximum Gasteiger partial charge on any atom is 0.331 e. The van der Waals surface area contributed by atoms with Crippen LogP contribution in [0.1, 0.15) is 22.8 Å². The number of ether oxygens (including phenoxy) is 2. The summed E-state index contributed by atoms with van der Waals surface area (Å²) in [6.07, 6.45) is 2.63. The molecule has 0 aliphatic rings. The number of amides is 2. The number of hydrogen-bond acceptors (Lipinski definition) is 6. The number of carbonyl (C=O) groups excluding carboxylic acids is 3. The second kappa shape index (κ2) is 10.5. The molecule has 0 aliphatic heterocycles. The summed E-state index contributed by atoms with van der Waals surface area (Å²) in [4.78, 5) is 35.6. The van der Waals surface area contributed by atoms with Crippen LogP contribution in [0.3, 0.4) is 0 Å². The molecule has 152 valence electrons. The van der Waals surface area contributed by atoms with Crippen LogP contribution in [0.25, 0.3) is 6.08 Å². The number of phenolic OH excluding ortho intramolecular Hbond substituents is 1. The maximum atomic E-state index is 12.0. The Balaban J connectivity index is 1.86. The molecule has 0 heterocycles. The van der Waals surface area contributed by atoms with Gasteiger partial charge in [-0.25, -0.2) is 4.79 Å². The molecule has 2 aromatic rings. The zero-order valence-corrected chi connectivity index (χ0v) is 16.1. The average molecular weight is 398 g/mol. The van der Waals surface area contributed by atoms with E-state index in [1.807, 2.05) is 6.92 Å². The Hall–Kier alpha value is -3.81. The Labute approximate surface area is 168 Å². The lowest BCUT2D eigenvalue weighted by Gasteiger charge is -2.08.